The van der Waals surface area contributed by atoms with Crippen LogP contribution < -0.4 is 4.74 Å². The van der Waals surface area contributed by atoms with Crippen LogP contribution in [0.15, 0.2) is 71.3 Å². The van der Waals surface area contributed by atoms with Gasteiger partial charge in [-0.1, -0.05) is 47.5 Å². The van der Waals surface area contributed by atoms with Crippen molar-refractivity contribution in [3.05, 3.63) is 93.4 Å². The number of ether oxygens (including phenoxy) is 2. The molecule has 0 atom stereocenters. The Bertz CT molecular complexity index is 1080. The molecule has 0 spiro atoms. The molecule has 1 aromatic heterocycles. The maximum atomic E-state index is 11.6. The van der Waals surface area contributed by atoms with Crippen LogP contribution in [0, 0.1) is 0 Å². The number of hydrogen-bond acceptors (Lipinski definition) is 5. The van der Waals surface area contributed by atoms with Gasteiger partial charge in [0.15, 0.2) is 0 Å². The molecule has 3 aromatic rings. The summed E-state index contributed by atoms with van der Waals surface area (Å²) in [4.78, 5) is 16.9. The molecule has 0 saturated heterocycles. The third-order valence-electron chi connectivity index (χ3n) is 4.41. The molecule has 0 aliphatic heterocycles. The Hall–Kier alpha value is -2.67. The Morgan fingerprint density at radius 1 is 1.06 bits per heavy atom. The van der Waals surface area contributed by atoms with E-state index in [0.29, 0.717) is 27.9 Å². The first-order chi connectivity index (χ1) is 15.5. The Kier molecular flexibility index (Phi) is 8.85. The van der Waals surface area contributed by atoms with Crippen molar-refractivity contribution in [1.82, 2.24) is 4.98 Å². The highest BCUT2D eigenvalue weighted by atomic mass is 35.5. The minimum atomic E-state index is -1.15. The molecule has 3 rings (SSSR count). The molecule has 0 saturated carbocycles. The molecule has 0 aliphatic rings. The summed E-state index contributed by atoms with van der Waals surface area (Å²) < 4.78 is 10.7. The largest absolute Gasteiger partial charge is 0.497 e. The van der Waals surface area contributed by atoms with Gasteiger partial charge in [-0.05, 0) is 42.0 Å². The molecular formula is C24H21Cl2NO4S. The van der Waals surface area contributed by atoms with Crippen LogP contribution in [0.1, 0.15) is 17.0 Å². The molecule has 8 heteroatoms. The van der Waals surface area contributed by atoms with Crippen LogP contribution in [0.4, 0.5) is 0 Å². The lowest BCUT2D eigenvalue weighted by Crippen LogP contribution is -2.08. The molecule has 0 amide bonds. The van der Waals surface area contributed by atoms with Crippen LogP contribution in [0.3, 0.4) is 0 Å². The third kappa shape index (κ3) is 6.92. The third-order valence-corrected chi connectivity index (χ3v) is 6.43. The molecule has 2 aromatic carbocycles. The standard InChI is InChI=1S/C24H21Cl2NO4S/c1-30-19-10-8-16(9-11-19)12-13-31-22(24(28)29)14-17-4-2-5-18(27-17)15-32-23-20(25)6-3-7-21(23)26/h2-11,14H,12-13,15H2,1H3,(H,28,29)/b22-14+. The van der Waals surface area contributed by atoms with Crippen molar-refractivity contribution < 1.29 is 19.4 Å². The van der Waals surface area contributed by atoms with Crippen molar-refractivity contribution in [3.8, 4) is 5.75 Å². The predicted molar refractivity (Wildman–Crippen MR) is 129 cm³/mol. The number of methoxy groups -OCH3 is 1. The summed E-state index contributed by atoms with van der Waals surface area (Å²) >= 11 is 13.9. The van der Waals surface area contributed by atoms with Crippen molar-refractivity contribution in [3.63, 3.8) is 0 Å². The van der Waals surface area contributed by atoms with E-state index < -0.39 is 5.97 Å². The fourth-order valence-corrected chi connectivity index (χ4v) is 4.39. The van der Waals surface area contributed by atoms with Gasteiger partial charge < -0.3 is 14.6 Å². The van der Waals surface area contributed by atoms with Crippen LogP contribution in [0.2, 0.25) is 10.0 Å². The van der Waals surface area contributed by atoms with Gasteiger partial charge in [0.1, 0.15) is 5.75 Å². The number of benzene rings is 2. The highest BCUT2D eigenvalue weighted by molar-refractivity contribution is 7.98. The average Bonchev–Trinajstić information content (AvgIpc) is 2.79. The van der Waals surface area contributed by atoms with Crippen molar-refractivity contribution in [2.75, 3.05) is 13.7 Å². The van der Waals surface area contributed by atoms with Crippen LogP contribution in [0.5, 0.6) is 5.75 Å². The number of hydrogen-bond donors (Lipinski definition) is 1. The van der Waals surface area contributed by atoms with Crippen molar-refractivity contribution in [2.45, 2.75) is 17.1 Å². The van der Waals surface area contributed by atoms with Gasteiger partial charge in [-0.3, -0.25) is 4.98 Å². The fourth-order valence-electron chi connectivity index (χ4n) is 2.80. The summed E-state index contributed by atoms with van der Waals surface area (Å²) in [6.07, 6.45) is 1.99. The second kappa shape index (κ2) is 11.8. The normalized spacial score (nSPS) is 11.3. The maximum absolute atomic E-state index is 11.6. The first-order valence-electron chi connectivity index (χ1n) is 9.69. The number of aromatic nitrogens is 1. The predicted octanol–water partition coefficient (Wildman–Crippen LogP) is 6.37. The number of rotatable bonds is 10. The molecule has 0 fully saturated rings. The molecule has 1 heterocycles. The minimum absolute atomic E-state index is 0.162. The van der Waals surface area contributed by atoms with E-state index in [1.165, 1.54) is 17.8 Å². The number of nitrogens with zero attached hydrogens (tertiary/aromatic N) is 1. The lowest BCUT2D eigenvalue weighted by atomic mass is 10.1. The Morgan fingerprint density at radius 2 is 1.75 bits per heavy atom. The monoisotopic (exact) mass is 489 g/mol. The van der Waals surface area contributed by atoms with Gasteiger partial charge in [0.05, 0.1) is 35.1 Å². The van der Waals surface area contributed by atoms with E-state index >= 15 is 0 Å². The van der Waals surface area contributed by atoms with Gasteiger partial charge >= 0.3 is 5.97 Å². The molecule has 1 N–H and O–H groups in total. The van der Waals surface area contributed by atoms with Crippen molar-refractivity contribution >= 4 is 47.0 Å². The summed E-state index contributed by atoms with van der Waals surface area (Å²) in [5, 5.41) is 10.7. The second-order valence-electron chi connectivity index (χ2n) is 6.65. The quantitative estimate of drug-likeness (QED) is 0.202. The van der Waals surface area contributed by atoms with Gasteiger partial charge in [0.2, 0.25) is 5.76 Å². The SMILES string of the molecule is COc1ccc(CCO/C(=C/c2cccc(CSc3c(Cl)cccc3Cl)n2)C(=O)O)cc1. The van der Waals surface area contributed by atoms with E-state index in [-0.39, 0.29) is 12.4 Å². The summed E-state index contributed by atoms with van der Waals surface area (Å²) in [7, 11) is 1.61. The van der Waals surface area contributed by atoms with E-state index in [4.69, 9.17) is 32.7 Å². The van der Waals surface area contributed by atoms with E-state index in [1.54, 1.807) is 31.4 Å². The Labute approximate surface area is 201 Å². The number of pyridine rings is 1. The van der Waals surface area contributed by atoms with Gasteiger partial charge in [0, 0.05) is 23.1 Å². The Morgan fingerprint density at radius 3 is 2.41 bits per heavy atom. The lowest BCUT2D eigenvalue weighted by molar-refractivity contribution is -0.136. The van der Waals surface area contributed by atoms with E-state index in [0.717, 1.165) is 21.9 Å². The zero-order valence-electron chi connectivity index (χ0n) is 17.3. The number of carboxylic acids is 1. The number of carbonyl (C=O) groups is 1. The summed E-state index contributed by atoms with van der Waals surface area (Å²) in [5.74, 6) is -0.0119. The van der Waals surface area contributed by atoms with E-state index in [1.807, 2.05) is 36.4 Å². The summed E-state index contributed by atoms with van der Waals surface area (Å²) in [6.45, 7) is 0.227. The molecule has 166 valence electrons. The van der Waals surface area contributed by atoms with E-state index in [9.17, 15) is 9.90 Å². The highest BCUT2D eigenvalue weighted by Gasteiger charge is 2.11. The molecule has 0 bridgehead atoms. The zero-order chi connectivity index (χ0) is 22.9. The van der Waals surface area contributed by atoms with Crippen molar-refractivity contribution in [1.29, 1.82) is 0 Å². The van der Waals surface area contributed by atoms with Crippen LogP contribution in [-0.2, 0) is 21.7 Å². The molecular weight excluding hydrogens is 469 g/mol. The maximum Gasteiger partial charge on any atom is 0.371 e. The first-order valence-corrected chi connectivity index (χ1v) is 11.4. The highest BCUT2D eigenvalue weighted by Crippen LogP contribution is 2.35. The number of carboxylic acid groups (broad SMARTS) is 1. The summed E-state index contributed by atoms with van der Waals surface area (Å²) in [5.41, 5.74) is 2.28. The van der Waals surface area contributed by atoms with Crippen LogP contribution >= 0.6 is 35.0 Å². The molecule has 0 aliphatic carbocycles. The van der Waals surface area contributed by atoms with Gasteiger partial charge in [-0.15, -0.1) is 11.8 Å². The second-order valence-corrected chi connectivity index (χ2v) is 8.45. The Balaban J connectivity index is 1.64. The molecule has 5 nitrogen and oxygen atoms in total. The topological polar surface area (TPSA) is 68.7 Å². The lowest BCUT2D eigenvalue weighted by Gasteiger charge is -2.09. The van der Waals surface area contributed by atoms with Crippen molar-refractivity contribution in [2.24, 2.45) is 0 Å². The number of thioether (sulfide) groups is 1. The smallest absolute Gasteiger partial charge is 0.371 e. The van der Waals surface area contributed by atoms with Gasteiger partial charge in [-0.2, -0.15) is 0 Å². The van der Waals surface area contributed by atoms with Gasteiger partial charge in [0.25, 0.3) is 0 Å². The minimum Gasteiger partial charge on any atom is -0.497 e. The number of halogens is 2. The summed E-state index contributed by atoms with van der Waals surface area (Å²) in [6, 6.07) is 18.3. The van der Waals surface area contributed by atoms with Gasteiger partial charge in [-0.25, -0.2) is 4.79 Å². The average molecular weight is 490 g/mol. The number of aliphatic carboxylic acids is 1. The van der Waals surface area contributed by atoms with Crippen LogP contribution in [-0.4, -0.2) is 29.8 Å². The van der Waals surface area contributed by atoms with Crippen LogP contribution in [0.25, 0.3) is 6.08 Å². The molecule has 0 unspecified atom stereocenters. The zero-order valence-corrected chi connectivity index (χ0v) is 19.6. The van der Waals surface area contributed by atoms with E-state index in [2.05, 4.69) is 4.98 Å². The molecule has 32 heavy (non-hydrogen) atoms. The first kappa shape index (κ1) is 24.0. The molecule has 0 radical (unpaired) electrons. The fraction of sp³-hybridized carbons (Fsp3) is 0.167.